The van der Waals surface area contributed by atoms with Gasteiger partial charge in [-0.05, 0) is 49.8 Å². The van der Waals surface area contributed by atoms with Gasteiger partial charge in [0.1, 0.15) is 5.92 Å². The van der Waals surface area contributed by atoms with Gasteiger partial charge >= 0.3 is 11.9 Å². The molecule has 1 aliphatic heterocycles. The van der Waals surface area contributed by atoms with Crippen molar-refractivity contribution in [3.05, 3.63) is 82.7 Å². The molecular weight excluding hydrogens is 442 g/mol. The molecule has 0 spiro atoms. The number of nitrogens with one attached hydrogen (secondary N) is 1. The zero-order valence-electron chi connectivity index (χ0n) is 20.8. The van der Waals surface area contributed by atoms with Crippen LogP contribution in [0.4, 0.5) is 0 Å². The minimum Gasteiger partial charge on any atom is -0.468 e. The van der Waals surface area contributed by atoms with Crippen molar-refractivity contribution in [1.82, 2.24) is 5.32 Å². The Morgan fingerprint density at radius 1 is 1.00 bits per heavy atom. The number of carbonyl (C=O) groups excluding carboxylic acids is 3. The molecule has 0 saturated carbocycles. The molecule has 35 heavy (non-hydrogen) atoms. The van der Waals surface area contributed by atoms with E-state index in [0.29, 0.717) is 23.3 Å². The van der Waals surface area contributed by atoms with E-state index in [9.17, 15) is 14.4 Å². The number of methoxy groups -OCH3 is 1. The van der Waals surface area contributed by atoms with Crippen molar-refractivity contribution in [2.75, 3.05) is 7.11 Å². The molecule has 0 radical (unpaired) electrons. The summed E-state index contributed by atoms with van der Waals surface area (Å²) in [6, 6.07) is 17.8. The number of ketones is 1. The van der Waals surface area contributed by atoms with Crippen LogP contribution in [0.2, 0.25) is 0 Å². The summed E-state index contributed by atoms with van der Waals surface area (Å²) in [4.78, 5) is 39.6. The lowest BCUT2D eigenvalue weighted by Crippen LogP contribution is -2.43. The Kier molecular flexibility index (Phi) is 6.92. The first-order valence-corrected chi connectivity index (χ1v) is 11.9. The highest BCUT2D eigenvalue weighted by Gasteiger charge is 2.47. The fourth-order valence-electron chi connectivity index (χ4n) is 5.06. The average molecular weight is 474 g/mol. The quantitative estimate of drug-likeness (QED) is 0.490. The Balaban J connectivity index is 1.84. The zero-order valence-corrected chi connectivity index (χ0v) is 20.8. The van der Waals surface area contributed by atoms with Crippen molar-refractivity contribution < 1.29 is 23.9 Å². The number of esters is 2. The standard InChI is InChI=1S/C29H31NO5/c1-16(2)35-29(33)24-18(4)30-22-15-17(3)23(28(32)34-5)27(31)26(22)25(24)21-13-11-20(12-14-21)19-9-7-6-8-10-19/h6-14,16-17,23,25,30H,15H2,1-5H3/t17-,23-,25+/m0/s1. The number of dihydropyridines is 1. The SMILES string of the molecule is COC(=O)[C@@H]1C(=O)C2=C(C[C@@H]1C)NC(C)=C(C(=O)OC(C)C)[C@H]2c1ccc(-c2ccccc2)cc1. The van der Waals surface area contributed by atoms with E-state index in [1.165, 1.54) is 7.11 Å². The Labute approximate surface area is 206 Å². The van der Waals surface area contributed by atoms with Crippen LogP contribution in [-0.2, 0) is 23.9 Å². The summed E-state index contributed by atoms with van der Waals surface area (Å²) in [5.74, 6) is -3.11. The number of Topliss-reactive ketones (excluding diaryl/α,β-unsaturated/α-hetero) is 1. The molecule has 182 valence electrons. The van der Waals surface area contributed by atoms with E-state index in [0.717, 1.165) is 22.4 Å². The van der Waals surface area contributed by atoms with Gasteiger partial charge < -0.3 is 14.8 Å². The maximum absolute atomic E-state index is 13.8. The molecule has 6 nitrogen and oxygen atoms in total. The first kappa shape index (κ1) is 24.5. The molecule has 1 N–H and O–H groups in total. The molecule has 1 aliphatic carbocycles. The van der Waals surface area contributed by atoms with Crippen LogP contribution in [0.15, 0.2) is 77.1 Å². The molecule has 3 atom stereocenters. The Morgan fingerprint density at radius 3 is 2.23 bits per heavy atom. The molecule has 1 heterocycles. The normalized spacial score (nSPS) is 22.0. The van der Waals surface area contributed by atoms with E-state index in [1.54, 1.807) is 13.8 Å². The van der Waals surface area contributed by atoms with E-state index in [-0.39, 0.29) is 17.8 Å². The summed E-state index contributed by atoms with van der Waals surface area (Å²) < 4.78 is 10.5. The summed E-state index contributed by atoms with van der Waals surface area (Å²) >= 11 is 0. The van der Waals surface area contributed by atoms with Gasteiger partial charge in [-0.3, -0.25) is 9.59 Å². The van der Waals surface area contributed by atoms with Gasteiger partial charge in [0, 0.05) is 22.9 Å². The minimum atomic E-state index is -0.910. The molecular formula is C29H31NO5. The van der Waals surface area contributed by atoms with Gasteiger partial charge in [-0.15, -0.1) is 0 Å². The van der Waals surface area contributed by atoms with Gasteiger partial charge in [0.15, 0.2) is 5.78 Å². The number of allylic oxidation sites excluding steroid dienone is 3. The van der Waals surface area contributed by atoms with Gasteiger partial charge in [-0.2, -0.15) is 0 Å². The maximum atomic E-state index is 13.8. The number of carbonyl (C=O) groups is 3. The molecule has 0 fully saturated rings. The number of ether oxygens (including phenoxy) is 2. The zero-order chi connectivity index (χ0) is 25.3. The number of benzene rings is 2. The van der Waals surface area contributed by atoms with E-state index in [2.05, 4.69) is 5.32 Å². The van der Waals surface area contributed by atoms with E-state index >= 15 is 0 Å². The fraction of sp³-hybridized carbons (Fsp3) is 0.345. The lowest BCUT2D eigenvalue weighted by Gasteiger charge is -2.38. The van der Waals surface area contributed by atoms with Crippen molar-refractivity contribution in [3.8, 4) is 11.1 Å². The molecule has 0 amide bonds. The van der Waals surface area contributed by atoms with Crippen molar-refractivity contribution in [2.24, 2.45) is 11.8 Å². The van der Waals surface area contributed by atoms with E-state index in [1.807, 2.05) is 68.4 Å². The van der Waals surface area contributed by atoms with Crippen molar-refractivity contribution >= 4 is 17.7 Å². The summed E-state index contributed by atoms with van der Waals surface area (Å²) in [5, 5.41) is 3.28. The maximum Gasteiger partial charge on any atom is 0.337 e. The highest BCUT2D eigenvalue weighted by atomic mass is 16.5. The van der Waals surface area contributed by atoms with Gasteiger partial charge in [0.05, 0.1) is 18.8 Å². The minimum absolute atomic E-state index is 0.223. The highest BCUT2D eigenvalue weighted by Crippen LogP contribution is 2.45. The topological polar surface area (TPSA) is 81.7 Å². The molecule has 4 rings (SSSR count). The molecule has 2 aromatic rings. The Hall–Kier alpha value is -3.67. The molecule has 6 heteroatoms. The van der Waals surface area contributed by atoms with Crippen molar-refractivity contribution in [1.29, 1.82) is 0 Å². The predicted molar refractivity (Wildman–Crippen MR) is 133 cm³/mol. The van der Waals surface area contributed by atoms with Crippen LogP contribution >= 0.6 is 0 Å². The van der Waals surface area contributed by atoms with Gasteiger partial charge in [0.25, 0.3) is 0 Å². The van der Waals surface area contributed by atoms with Crippen LogP contribution in [0.25, 0.3) is 11.1 Å². The third-order valence-electron chi connectivity index (χ3n) is 6.66. The van der Waals surface area contributed by atoms with Crippen molar-refractivity contribution in [2.45, 2.75) is 46.1 Å². The monoisotopic (exact) mass is 473 g/mol. The first-order chi connectivity index (χ1) is 16.7. The smallest absolute Gasteiger partial charge is 0.337 e. The highest BCUT2D eigenvalue weighted by molar-refractivity contribution is 6.12. The van der Waals surface area contributed by atoms with Crippen LogP contribution in [0.5, 0.6) is 0 Å². The van der Waals surface area contributed by atoms with Gasteiger partial charge in [0.2, 0.25) is 0 Å². The molecule has 0 bridgehead atoms. The lowest BCUT2D eigenvalue weighted by molar-refractivity contribution is -0.151. The van der Waals surface area contributed by atoms with Crippen LogP contribution in [0.3, 0.4) is 0 Å². The summed E-state index contributed by atoms with van der Waals surface area (Å²) in [6.07, 6.45) is 0.188. The summed E-state index contributed by atoms with van der Waals surface area (Å²) in [6.45, 7) is 7.28. The van der Waals surface area contributed by atoms with Gasteiger partial charge in [-0.25, -0.2) is 4.79 Å². The fourth-order valence-corrected chi connectivity index (χ4v) is 5.06. The number of hydrogen-bond donors (Lipinski definition) is 1. The summed E-state index contributed by atoms with van der Waals surface area (Å²) in [7, 11) is 1.29. The van der Waals surface area contributed by atoms with Crippen molar-refractivity contribution in [3.63, 3.8) is 0 Å². The third kappa shape index (κ3) is 4.65. The molecule has 0 saturated heterocycles. The first-order valence-electron chi connectivity index (χ1n) is 11.9. The average Bonchev–Trinajstić information content (AvgIpc) is 2.83. The second-order valence-corrected chi connectivity index (χ2v) is 9.48. The summed E-state index contributed by atoms with van der Waals surface area (Å²) in [5.41, 5.74) is 5.12. The second kappa shape index (κ2) is 9.90. The largest absolute Gasteiger partial charge is 0.468 e. The van der Waals surface area contributed by atoms with Crippen LogP contribution < -0.4 is 5.32 Å². The van der Waals surface area contributed by atoms with E-state index < -0.39 is 23.8 Å². The second-order valence-electron chi connectivity index (χ2n) is 9.48. The molecule has 2 aromatic carbocycles. The van der Waals surface area contributed by atoms with Crippen LogP contribution in [0, 0.1) is 11.8 Å². The predicted octanol–water partition coefficient (Wildman–Crippen LogP) is 4.92. The van der Waals surface area contributed by atoms with E-state index in [4.69, 9.17) is 9.47 Å². The number of rotatable bonds is 5. The van der Waals surface area contributed by atoms with Crippen LogP contribution in [0.1, 0.15) is 45.6 Å². The third-order valence-corrected chi connectivity index (χ3v) is 6.66. The van der Waals surface area contributed by atoms with Gasteiger partial charge in [-0.1, -0.05) is 61.5 Å². The Morgan fingerprint density at radius 2 is 1.63 bits per heavy atom. The van der Waals surface area contributed by atoms with Crippen LogP contribution in [-0.4, -0.2) is 30.9 Å². The molecule has 2 aliphatic rings. The lowest BCUT2D eigenvalue weighted by atomic mass is 9.69. The Bertz CT molecular complexity index is 1210. The molecule has 0 aromatic heterocycles. The molecule has 0 unspecified atom stereocenters. The number of hydrogen-bond acceptors (Lipinski definition) is 6.